The van der Waals surface area contributed by atoms with E-state index in [4.69, 9.17) is 4.74 Å². The summed E-state index contributed by atoms with van der Waals surface area (Å²) in [6.07, 6.45) is -4.92. The molecule has 114 valence electrons. The van der Waals surface area contributed by atoms with Gasteiger partial charge in [-0.15, -0.1) is 0 Å². The summed E-state index contributed by atoms with van der Waals surface area (Å²) >= 11 is 3.43. The number of carbonyl (C=O) groups excluding carboxylic acids is 1. The molecule has 3 rings (SSSR count). The van der Waals surface area contributed by atoms with Gasteiger partial charge in [-0.25, -0.2) is 4.79 Å². The molecule has 0 bridgehead atoms. The Morgan fingerprint density at radius 1 is 1.05 bits per heavy atom. The summed E-state index contributed by atoms with van der Waals surface area (Å²) in [5.74, 6) is -0.419. The van der Waals surface area contributed by atoms with Crippen LogP contribution in [-0.2, 0) is 10.9 Å². The molecule has 1 aliphatic rings. The van der Waals surface area contributed by atoms with Crippen molar-refractivity contribution in [1.29, 1.82) is 0 Å². The van der Waals surface area contributed by atoms with Crippen LogP contribution in [0.2, 0.25) is 0 Å². The highest BCUT2D eigenvalue weighted by Gasteiger charge is 2.36. The van der Waals surface area contributed by atoms with E-state index in [1.807, 2.05) is 0 Å². The molecule has 0 saturated carbocycles. The van der Waals surface area contributed by atoms with Crippen LogP contribution in [-0.4, -0.2) is 5.97 Å². The molecular formula is C16H10BrF3O2. The third-order valence-corrected chi connectivity index (χ3v) is 4.55. The average molecular weight is 371 g/mol. The van der Waals surface area contributed by atoms with Crippen molar-refractivity contribution in [2.45, 2.75) is 17.1 Å². The summed E-state index contributed by atoms with van der Waals surface area (Å²) < 4.78 is 43.1. The first-order valence-corrected chi connectivity index (χ1v) is 7.40. The Kier molecular flexibility index (Phi) is 3.72. The number of ether oxygens (including phenoxy) is 1. The van der Waals surface area contributed by atoms with Crippen LogP contribution in [0.5, 0.6) is 0 Å². The number of hydrogen-bond acceptors (Lipinski definition) is 2. The van der Waals surface area contributed by atoms with Crippen molar-refractivity contribution < 1.29 is 22.7 Å². The zero-order valence-corrected chi connectivity index (χ0v) is 12.7. The highest BCUT2D eigenvalue weighted by Crippen LogP contribution is 2.44. The number of cyclic esters (lactones) is 1. The largest absolute Gasteiger partial charge is 0.452 e. The van der Waals surface area contributed by atoms with Gasteiger partial charge in [0.05, 0.1) is 16.0 Å². The number of benzene rings is 2. The van der Waals surface area contributed by atoms with Crippen molar-refractivity contribution >= 4 is 21.9 Å². The Morgan fingerprint density at radius 2 is 1.68 bits per heavy atom. The first kappa shape index (κ1) is 15.1. The molecule has 0 saturated heterocycles. The normalized spacial score (nSPS) is 18.7. The Hall–Kier alpha value is -1.82. The minimum atomic E-state index is -4.37. The monoisotopic (exact) mass is 370 g/mol. The highest BCUT2D eigenvalue weighted by atomic mass is 79.9. The lowest BCUT2D eigenvalue weighted by Gasteiger charge is -2.18. The van der Waals surface area contributed by atoms with Gasteiger partial charge in [0, 0.05) is 5.56 Å². The molecule has 6 heteroatoms. The molecule has 2 nitrogen and oxygen atoms in total. The van der Waals surface area contributed by atoms with Crippen molar-refractivity contribution in [3.8, 4) is 0 Å². The molecule has 0 amide bonds. The summed E-state index contributed by atoms with van der Waals surface area (Å²) in [4.78, 5) is 11.4. The third-order valence-electron chi connectivity index (χ3n) is 3.54. The molecule has 0 spiro atoms. The molecule has 1 heterocycles. The van der Waals surface area contributed by atoms with Gasteiger partial charge in [0.2, 0.25) is 0 Å². The lowest BCUT2D eigenvalue weighted by Crippen LogP contribution is -2.08. The van der Waals surface area contributed by atoms with Gasteiger partial charge in [0.15, 0.2) is 0 Å². The van der Waals surface area contributed by atoms with Crippen LogP contribution in [0.3, 0.4) is 0 Å². The molecule has 0 N–H and O–H groups in total. The van der Waals surface area contributed by atoms with E-state index >= 15 is 0 Å². The smallest absolute Gasteiger partial charge is 0.416 e. The van der Waals surface area contributed by atoms with Gasteiger partial charge < -0.3 is 4.74 Å². The van der Waals surface area contributed by atoms with Crippen LogP contribution >= 0.6 is 15.9 Å². The Balaban J connectivity index is 1.89. The van der Waals surface area contributed by atoms with Gasteiger partial charge in [-0.2, -0.15) is 13.2 Å². The summed E-state index contributed by atoms with van der Waals surface area (Å²) in [7, 11) is 0. The molecule has 2 atom stereocenters. The van der Waals surface area contributed by atoms with Crippen molar-refractivity contribution in [2.24, 2.45) is 0 Å². The number of esters is 1. The van der Waals surface area contributed by atoms with Gasteiger partial charge >= 0.3 is 12.1 Å². The molecule has 2 aromatic rings. The maximum absolute atomic E-state index is 12.6. The minimum absolute atomic E-state index is 0.414. The Labute approximate surface area is 133 Å². The Morgan fingerprint density at radius 3 is 2.32 bits per heavy atom. The van der Waals surface area contributed by atoms with Gasteiger partial charge in [-0.1, -0.05) is 46.3 Å². The van der Waals surface area contributed by atoms with Crippen LogP contribution in [0.25, 0.3) is 0 Å². The van der Waals surface area contributed by atoms with E-state index in [0.717, 1.165) is 17.7 Å². The average Bonchev–Trinajstić information content (AvgIpc) is 2.83. The van der Waals surface area contributed by atoms with Crippen molar-refractivity contribution in [3.05, 3.63) is 70.8 Å². The van der Waals surface area contributed by atoms with Crippen LogP contribution in [0.1, 0.15) is 38.0 Å². The van der Waals surface area contributed by atoms with Crippen LogP contribution in [0.15, 0.2) is 48.5 Å². The van der Waals surface area contributed by atoms with Crippen molar-refractivity contribution in [1.82, 2.24) is 0 Å². The van der Waals surface area contributed by atoms with Gasteiger partial charge in [0.1, 0.15) is 6.10 Å². The lowest BCUT2D eigenvalue weighted by atomic mass is 9.98. The zero-order valence-electron chi connectivity index (χ0n) is 11.1. The van der Waals surface area contributed by atoms with E-state index < -0.39 is 28.6 Å². The van der Waals surface area contributed by atoms with E-state index in [1.54, 1.807) is 24.3 Å². The molecule has 0 radical (unpaired) electrons. The van der Waals surface area contributed by atoms with Crippen molar-refractivity contribution in [2.75, 3.05) is 0 Å². The number of rotatable bonds is 2. The molecular weight excluding hydrogens is 361 g/mol. The van der Waals surface area contributed by atoms with Crippen molar-refractivity contribution in [3.63, 3.8) is 0 Å². The van der Waals surface area contributed by atoms with E-state index in [2.05, 4.69) is 15.9 Å². The summed E-state index contributed by atoms with van der Waals surface area (Å²) in [5, 5.41) is 0. The number of hydrogen-bond donors (Lipinski definition) is 0. The van der Waals surface area contributed by atoms with Crippen LogP contribution < -0.4 is 0 Å². The fourth-order valence-electron chi connectivity index (χ4n) is 2.42. The topological polar surface area (TPSA) is 26.3 Å². The molecule has 0 unspecified atom stereocenters. The predicted molar refractivity (Wildman–Crippen MR) is 77.7 cm³/mol. The minimum Gasteiger partial charge on any atom is -0.452 e. The second kappa shape index (κ2) is 5.43. The molecule has 0 aliphatic carbocycles. The first-order valence-electron chi connectivity index (χ1n) is 6.49. The van der Waals surface area contributed by atoms with Gasteiger partial charge in [-0.05, 0) is 23.8 Å². The number of carbonyl (C=O) groups is 1. The van der Waals surface area contributed by atoms with Gasteiger partial charge in [0.25, 0.3) is 0 Å². The molecule has 1 aliphatic heterocycles. The molecule has 0 aromatic heterocycles. The maximum Gasteiger partial charge on any atom is 0.416 e. The van der Waals surface area contributed by atoms with E-state index in [9.17, 15) is 18.0 Å². The number of alkyl halides is 4. The third kappa shape index (κ3) is 2.63. The first-order chi connectivity index (χ1) is 10.4. The maximum atomic E-state index is 12.6. The summed E-state index contributed by atoms with van der Waals surface area (Å²) in [5.41, 5.74) is 1.13. The zero-order chi connectivity index (χ0) is 15.9. The van der Waals surface area contributed by atoms with E-state index in [-0.39, 0.29) is 0 Å². The number of halogens is 4. The second-order valence-corrected chi connectivity index (χ2v) is 5.92. The van der Waals surface area contributed by atoms with Gasteiger partial charge in [-0.3, -0.25) is 0 Å². The van der Waals surface area contributed by atoms with E-state index in [0.29, 0.717) is 11.1 Å². The lowest BCUT2D eigenvalue weighted by molar-refractivity contribution is -0.137. The second-order valence-electron chi connectivity index (χ2n) is 4.93. The molecule has 0 fully saturated rings. The molecule has 22 heavy (non-hydrogen) atoms. The SMILES string of the molecule is O=C1O[C@H]([C@H](Br)c2ccc(C(F)(F)F)cc2)c2ccccc21. The quantitative estimate of drug-likeness (QED) is 0.545. The highest BCUT2D eigenvalue weighted by molar-refractivity contribution is 9.09. The Bertz CT molecular complexity index is 710. The van der Waals surface area contributed by atoms with E-state index in [1.165, 1.54) is 12.1 Å². The summed E-state index contributed by atoms with van der Waals surface area (Å²) in [6, 6.07) is 11.8. The standard InChI is InChI=1S/C16H10BrF3O2/c17-13(9-5-7-10(8-6-9)16(18,19)20)14-11-3-1-2-4-12(11)15(21)22-14/h1-8,13-14H/t13-,14+/m1/s1. The van der Waals surface area contributed by atoms with Crippen LogP contribution in [0, 0.1) is 0 Å². The summed E-state index contributed by atoms with van der Waals surface area (Å²) in [6.45, 7) is 0. The predicted octanol–water partition coefficient (Wildman–Crippen LogP) is 5.05. The fraction of sp³-hybridized carbons (Fsp3) is 0.188. The molecule has 2 aromatic carbocycles. The number of fused-ring (bicyclic) bond motifs is 1. The fourth-order valence-corrected chi connectivity index (χ4v) is 3.12. The van der Waals surface area contributed by atoms with Crippen LogP contribution in [0.4, 0.5) is 13.2 Å².